The molecule has 1 atom stereocenters. The lowest BCUT2D eigenvalue weighted by atomic mass is 10.0. The van der Waals surface area contributed by atoms with Gasteiger partial charge in [0.1, 0.15) is 23.8 Å². The van der Waals surface area contributed by atoms with Gasteiger partial charge >= 0.3 is 5.63 Å². The molecule has 2 aromatic heterocycles. The number of nitrogens with one attached hydrogen (secondary N) is 2. The zero-order valence-corrected chi connectivity index (χ0v) is 16.6. The van der Waals surface area contributed by atoms with E-state index in [0.29, 0.717) is 42.4 Å². The minimum atomic E-state index is -0.350. The number of benzene rings is 1. The molecule has 0 aliphatic rings. The number of H-pyrrole nitrogens is 1. The summed E-state index contributed by atoms with van der Waals surface area (Å²) in [6.45, 7) is 8.58. The first-order valence-electron chi connectivity index (χ1n) is 9.36. The number of rotatable bonds is 7. The Morgan fingerprint density at radius 3 is 2.71 bits per heavy atom. The Balaban J connectivity index is 1.74. The van der Waals surface area contributed by atoms with Crippen molar-refractivity contribution in [3.63, 3.8) is 0 Å². The fourth-order valence-corrected chi connectivity index (χ4v) is 3.15. The summed E-state index contributed by atoms with van der Waals surface area (Å²) < 4.78 is 11.4. The Kier molecular flexibility index (Phi) is 5.94. The predicted molar refractivity (Wildman–Crippen MR) is 108 cm³/mol. The van der Waals surface area contributed by atoms with Crippen molar-refractivity contribution in [2.75, 3.05) is 6.61 Å². The van der Waals surface area contributed by atoms with Gasteiger partial charge in [-0.15, -0.1) is 0 Å². The van der Waals surface area contributed by atoms with E-state index in [2.05, 4.69) is 15.3 Å². The summed E-state index contributed by atoms with van der Waals surface area (Å²) in [4.78, 5) is 30.2. The molecular weight excluding hydrogens is 358 g/mol. The number of nitrogens with zero attached hydrogens (tertiary/aromatic N) is 1. The van der Waals surface area contributed by atoms with Crippen LogP contribution in [-0.2, 0) is 13.0 Å². The second-order valence-corrected chi connectivity index (χ2v) is 7.00. The van der Waals surface area contributed by atoms with Gasteiger partial charge in [0.05, 0.1) is 11.1 Å². The second kappa shape index (κ2) is 8.39. The zero-order valence-electron chi connectivity index (χ0n) is 16.6. The molecule has 0 radical (unpaired) electrons. The molecule has 3 rings (SSSR count). The summed E-state index contributed by atoms with van der Waals surface area (Å²) in [5.41, 5.74) is 2.59. The van der Waals surface area contributed by atoms with E-state index in [4.69, 9.17) is 9.15 Å². The maximum Gasteiger partial charge on any atom is 0.336 e. The highest BCUT2D eigenvalue weighted by Crippen LogP contribution is 2.30. The van der Waals surface area contributed by atoms with Crippen LogP contribution in [0.2, 0.25) is 0 Å². The average molecular weight is 383 g/mol. The van der Waals surface area contributed by atoms with Crippen LogP contribution in [0.1, 0.15) is 36.5 Å². The van der Waals surface area contributed by atoms with E-state index in [1.807, 2.05) is 32.9 Å². The first-order chi connectivity index (χ1) is 13.4. The number of ether oxygens (including phenoxy) is 1. The molecule has 0 spiro atoms. The topological polar surface area (TPSA) is 97.2 Å². The Labute approximate surface area is 162 Å². The highest BCUT2D eigenvalue weighted by atomic mass is 16.5. The van der Waals surface area contributed by atoms with Crippen molar-refractivity contribution in [2.24, 2.45) is 0 Å². The van der Waals surface area contributed by atoms with Crippen LogP contribution in [-0.4, -0.2) is 22.6 Å². The fraction of sp³-hybridized carbons (Fsp3) is 0.381. The van der Waals surface area contributed by atoms with Crippen LogP contribution in [0, 0.1) is 13.8 Å². The molecule has 1 aromatic carbocycles. The van der Waals surface area contributed by atoms with Crippen LogP contribution >= 0.6 is 0 Å². The molecule has 0 saturated carbocycles. The molecule has 0 saturated heterocycles. The number of hydrogen-bond donors (Lipinski definition) is 2. The van der Waals surface area contributed by atoms with Gasteiger partial charge < -0.3 is 19.5 Å². The van der Waals surface area contributed by atoms with Gasteiger partial charge in [0.15, 0.2) is 0 Å². The van der Waals surface area contributed by atoms with Gasteiger partial charge in [0.25, 0.3) is 5.56 Å². The maximum atomic E-state index is 11.8. The molecule has 0 fully saturated rings. The molecule has 0 amide bonds. The predicted octanol–water partition coefficient (Wildman–Crippen LogP) is 2.61. The van der Waals surface area contributed by atoms with E-state index in [1.165, 1.54) is 12.1 Å². The Hall–Kier alpha value is -2.93. The molecule has 0 aliphatic heterocycles. The Morgan fingerprint density at radius 2 is 2.00 bits per heavy atom. The van der Waals surface area contributed by atoms with E-state index in [0.717, 1.165) is 16.5 Å². The molecule has 3 aromatic rings. The fourth-order valence-electron chi connectivity index (χ4n) is 3.15. The highest BCUT2D eigenvalue weighted by molar-refractivity contribution is 5.87. The quantitative estimate of drug-likeness (QED) is 0.609. The van der Waals surface area contributed by atoms with Crippen LogP contribution < -0.4 is 21.2 Å². The van der Waals surface area contributed by atoms with Gasteiger partial charge in [0.2, 0.25) is 0 Å². The number of hydrogen-bond acceptors (Lipinski definition) is 6. The lowest BCUT2D eigenvalue weighted by Gasteiger charge is -2.17. The van der Waals surface area contributed by atoms with Crippen LogP contribution in [0.3, 0.4) is 0 Å². The maximum absolute atomic E-state index is 11.8. The summed E-state index contributed by atoms with van der Waals surface area (Å²) in [6.07, 6.45) is 0.711. The molecule has 0 aliphatic carbocycles. The van der Waals surface area contributed by atoms with Crippen LogP contribution in [0.15, 0.2) is 38.3 Å². The summed E-state index contributed by atoms with van der Waals surface area (Å²) in [7, 11) is 0. The van der Waals surface area contributed by atoms with Crippen LogP contribution in [0.4, 0.5) is 0 Å². The average Bonchev–Trinajstić information content (AvgIpc) is 2.62. The smallest absolute Gasteiger partial charge is 0.336 e. The van der Waals surface area contributed by atoms with E-state index < -0.39 is 0 Å². The number of aryl methyl sites for hydroxylation is 3. The van der Waals surface area contributed by atoms with Gasteiger partial charge in [-0.2, -0.15) is 0 Å². The number of aromatic nitrogens is 2. The van der Waals surface area contributed by atoms with Crippen molar-refractivity contribution in [1.82, 2.24) is 15.3 Å². The van der Waals surface area contributed by atoms with E-state index >= 15 is 0 Å². The molecule has 2 heterocycles. The monoisotopic (exact) mass is 383 g/mol. The largest absolute Gasteiger partial charge is 0.491 e. The molecule has 2 N–H and O–H groups in total. The minimum absolute atomic E-state index is 0.0257. The molecule has 0 bridgehead atoms. The number of aromatic amines is 1. The standard InChI is InChI=1S/C21H25N3O4/c1-5-15-8-20(26)28-18-7-12(2)6-17(21(15)18)27-11-13(3)22-10-16-9-19(25)24-14(4)23-16/h6-9,13,22H,5,10-11H2,1-4H3,(H,23,24,25). The first kappa shape index (κ1) is 19.8. The highest BCUT2D eigenvalue weighted by Gasteiger charge is 2.13. The first-order valence-corrected chi connectivity index (χ1v) is 9.36. The van der Waals surface area contributed by atoms with Crippen molar-refractivity contribution >= 4 is 11.0 Å². The van der Waals surface area contributed by atoms with Gasteiger partial charge in [0, 0.05) is 24.7 Å². The summed E-state index contributed by atoms with van der Waals surface area (Å²) >= 11 is 0. The van der Waals surface area contributed by atoms with Crippen molar-refractivity contribution < 1.29 is 9.15 Å². The third-order valence-electron chi connectivity index (χ3n) is 4.45. The Morgan fingerprint density at radius 1 is 1.21 bits per heavy atom. The van der Waals surface area contributed by atoms with Gasteiger partial charge in [-0.3, -0.25) is 4.79 Å². The van der Waals surface area contributed by atoms with E-state index in [1.54, 1.807) is 6.92 Å². The van der Waals surface area contributed by atoms with Gasteiger partial charge in [-0.05, 0) is 50.5 Å². The molecule has 7 heteroatoms. The molecule has 148 valence electrons. The summed E-state index contributed by atoms with van der Waals surface area (Å²) in [5, 5.41) is 4.15. The van der Waals surface area contributed by atoms with Crippen molar-refractivity contribution in [3.05, 3.63) is 67.7 Å². The van der Waals surface area contributed by atoms with Gasteiger partial charge in [-0.25, -0.2) is 9.78 Å². The van der Waals surface area contributed by atoms with Crippen LogP contribution in [0.25, 0.3) is 11.0 Å². The lowest BCUT2D eigenvalue weighted by molar-refractivity contribution is 0.274. The van der Waals surface area contributed by atoms with E-state index in [9.17, 15) is 9.59 Å². The van der Waals surface area contributed by atoms with Crippen molar-refractivity contribution in [2.45, 2.75) is 46.7 Å². The van der Waals surface area contributed by atoms with Gasteiger partial charge in [-0.1, -0.05) is 6.92 Å². The van der Waals surface area contributed by atoms with E-state index in [-0.39, 0.29) is 17.2 Å². The third-order valence-corrected chi connectivity index (χ3v) is 4.45. The molecular formula is C21H25N3O4. The normalized spacial score (nSPS) is 12.3. The molecule has 28 heavy (non-hydrogen) atoms. The number of fused-ring (bicyclic) bond motifs is 1. The SMILES string of the molecule is CCc1cc(=O)oc2cc(C)cc(OCC(C)NCc3cc(=O)[nH]c(C)n3)c12. The Bertz CT molecular complexity index is 1100. The van der Waals surface area contributed by atoms with Crippen LogP contribution in [0.5, 0.6) is 5.75 Å². The third kappa shape index (κ3) is 4.67. The van der Waals surface area contributed by atoms with Crippen molar-refractivity contribution in [3.8, 4) is 5.75 Å². The van der Waals surface area contributed by atoms with Crippen molar-refractivity contribution in [1.29, 1.82) is 0 Å². The molecule has 1 unspecified atom stereocenters. The minimum Gasteiger partial charge on any atom is -0.491 e. The summed E-state index contributed by atoms with van der Waals surface area (Å²) in [6, 6.07) is 6.84. The lowest BCUT2D eigenvalue weighted by Crippen LogP contribution is -2.32. The molecule has 7 nitrogen and oxygen atoms in total. The summed E-state index contributed by atoms with van der Waals surface area (Å²) in [5.74, 6) is 1.29. The second-order valence-electron chi connectivity index (χ2n) is 7.00. The zero-order chi connectivity index (χ0) is 20.3.